The lowest BCUT2D eigenvalue weighted by Gasteiger charge is -2.28. The normalized spacial score (nSPS) is 18.9. The number of ether oxygens (including phenoxy) is 1. The molecule has 0 aromatic rings. The Labute approximate surface area is 109 Å². The molecule has 0 radical (unpaired) electrons. The first-order valence-corrected chi connectivity index (χ1v) is 6.19. The molecule has 19 heavy (non-hydrogen) atoms. The summed E-state index contributed by atoms with van der Waals surface area (Å²) in [6.07, 6.45) is -2.10. The molecule has 0 aromatic heterocycles. The first-order valence-electron chi connectivity index (χ1n) is 6.19. The number of hydrogen-bond donors (Lipinski definition) is 0. The highest BCUT2D eigenvalue weighted by molar-refractivity contribution is 6.60. The number of likely N-dealkylation sites (tertiary alicyclic amines) is 1. The first kappa shape index (κ1) is 18.6. The van der Waals surface area contributed by atoms with Crippen LogP contribution in [0.5, 0.6) is 0 Å². The molecule has 0 aromatic carbocycles. The quantitative estimate of drug-likeness (QED) is 0.333. The van der Waals surface area contributed by atoms with E-state index in [-0.39, 0.29) is 0 Å². The minimum absolute atomic E-state index is 0.924. The molecule has 0 saturated carbocycles. The highest BCUT2D eigenvalue weighted by Crippen LogP contribution is 2.31. The summed E-state index contributed by atoms with van der Waals surface area (Å²) < 4.78 is 69.6. The Kier molecular flexibility index (Phi) is 7.21. The van der Waals surface area contributed by atoms with Gasteiger partial charge in [0, 0.05) is 12.8 Å². The number of alkyl halides is 3. The van der Waals surface area contributed by atoms with Crippen molar-refractivity contribution < 1.29 is 35.3 Å². The van der Waals surface area contributed by atoms with Gasteiger partial charge in [0.05, 0.1) is 26.7 Å². The zero-order chi connectivity index (χ0) is 15.2. The summed E-state index contributed by atoms with van der Waals surface area (Å²) in [5.74, 6) is 0. The first-order chi connectivity index (χ1) is 8.52. The van der Waals surface area contributed by atoms with Gasteiger partial charge in [0.15, 0.2) is 6.73 Å². The second-order valence-electron chi connectivity index (χ2n) is 4.93. The Morgan fingerprint density at radius 2 is 1.53 bits per heavy atom. The average Bonchev–Trinajstić information content (AvgIpc) is 2.64. The van der Waals surface area contributed by atoms with Crippen LogP contribution in [0, 0.1) is 0 Å². The Morgan fingerprint density at radius 3 is 1.84 bits per heavy atom. The van der Waals surface area contributed by atoms with Crippen molar-refractivity contribution in [3.05, 3.63) is 0 Å². The Bertz CT molecular complexity index is 237. The molecule has 1 fully saturated rings. The van der Waals surface area contributed by atoms with Gasteiger partial charge < -0.3 is 22.2 Å². The minimum atomic E-state index is -6.65. The number of hydrogen-bond acceptors (Lipinski definition) is 1. The summed E-state index contributed by atoms with van der Waals surface area (Å²) in [5.41, 5.74) is 0. The van der Waals surface area contributed by atoms with Crippen LogP contribution in [-0.4, -0.2) is 51.0 Å². The van der Waals surface area contributed by atoms with E-state index in [4.69, 9.17) is 4.74 Å². The van der Waals surface area contributed by atoms with Crippen LogP contribution in [0.1, 0.15) is 26.2 Å². The van der Waals surface area contributed by atoms with Crippen LogP contribution in [0.2, 0.25) is 0 Å². The summed E-state index contributed by atoms with van der Waals surface area (Å²) in [5, 5.41) is 0. The zero-order valence-corrected chi connectivity index (χ0v) is 11.2. The Balaban J connectivity index is 0.000000362. The number of quaternary nitrogens is 1. The van der Waals surface area contributed by atoms with Crippen LogP contribution >= 0.6 is 0 Å². The van der Waals surface area contributed by atoms with Crippen molar-refractivity contribution >= 4 is 6.98 Å². The molecule has 1 aliphatic rings. The van der Waals surface area contributed by atoms with Crippen molar-refractivity contribution in [2.24, 2.45) is 0 Å². The molecule has 0 spiro atoms. The van der Waals surface area contributed by atoms with Crippen LogP contribution in [0.4, 0.5) is 26.1 Å². The van der Waals surface area contributed by atoms with Crippen molar-refractivity contribution in [1.82, 2.24) is 0 Å². The minimum Gasteiger partial charge on any atom is -0.443 e. The zero-order valence-electron chi connectivity index (χ0n) is 11.2. The van der Waals surface area contributed by atoms with Gasteiger partial charge in [0.25, 0.3) is 0 Å². The van der Waals surface area contributed by atoms with Gasteiger partial charge in [0.1, 0.15) is 0 Å². The van der Waals surface area contributed by atoms with Crippen molar-refractivity contribution in [3.8, 4) is 0 Å². The van der Waals surface area contributed by atoms with Gasteiger partial charge in [-0.1, -0.05) is 6.92 Å². The monoisotopic (exact) mass is 295 g/mol. The van der Waals surface area contributed by atoms with Gasteiger partial charge in [-0.25, -0.2) is 13.2 Å². The standard InChI is InChI=1S/C9H20NO.CBF6/c1-3-8-11-9-10(2)6-4-5-7-10;3-1(4,5)2(6,7)8/h3-9H2,1-2H3;/q+1;-1. The van der Waals surface area contributed by atoms with E-state index in [2.05, 4.69) is 14.0 Å². The molecule has 0 aliphatic carbocycles. The molecule has 116 valence electrons. The van der Waals surface area contributed by atoms with Gasteiger partial charge in [-0.05, 0) is 6.42 Å². The third kappa shape index (κ3) is 7.66. The van der Waals surface area contributed by atoms with Crippen LogP contribution in [0.3, 0.4) is 0 Å². The fourth-order valence-corrected chi connectivity index (χ4v) is 1.66. The van der Waals surface area contributed by atoms with E-state index < -0.39 is 13.1 Å². The lowest BCUT2D eigenvalue weighted by atomic mass is 9.92. The summed E-state index contributed by atoms with van der Waals surface area (Å²) >= 11 is 0. The summed E-state index contributed by atoms with van der Waals surface area (Å²) in [6.45, 7) is -0.0217. The van der Waals surface area contributed by atoms with Crippen molar-refractivity contribution in [2.45, 2.75) is 32.3 Å². The maximum atomic E-state index is 10.5. The number of rotatable bonds is 4. The molecular formula is C10H20BF6NO. The van der Waals surface area contributed by atoms with Gasteiger partial charge >= 0.3 is 13.1 Å². The lowest BCUT2D eigenvalue weighted by Crippen LogP contribution is -2.42. The van der Waals surface area contributed by atoms with Crippen LogP contribution in [-0.2, 0) is 4.74 Å². The predicted octanol–water partition coefficient (Wildman–Crippen LogP) is 3.55. The molecule has 1 rings (SSSR count). The molecule has 0 amide bonds. The maximum absolute atomic E-state index is 10.5. The lowest BCUT2D eigenvalue weighted by molar-refractivity contribution is -0.916. The van der Waals surface area contributed by atoms with E-state index in [0.29, 0.717) is 0 Å². The molecule has 2 nitrogen and oxygen atoms in total. The van der Waals surface area contributed by atoms with Crippen LogP contribution in [0.25, 0.3) is 0 Å². The SMILES string of the molecule is CCCOC[N+]1(C)CCCC1.F[B-](F)(F)C(F)(F)F. The Morgan fingerprint density at radius 1 is 1.11 bits per heavy atom. The molecule has 1 saturated heterocycles. The predicted molar refractivity (Wildman–Crippen MR) is 61.4 cm³/mol. The van der Waals surface area contributed by atoms with Crippen LogP contribution in [0.15, 0.2) is 0 Å². The molecule has 9 heteroatoms. The molecule has 0 unspecified atom stereocenters. The molecule has 0 N–H and O–H groups in total. The van der Waals surface area contributed by atoms with Crippen molar-refractivity contribution in [1.29, 1.82) is 0 Å². The Hall–Kier alpha value is -0.435. The topological polar surface area (TPSA) is 9.23 Å². The number of nitrogens with zero attached hydrogens (tertiary/aromatic N) is 1. The highest BCUT2D eigenvalue weighted by atomic mass is 19.4. The van der Waals surface area contributed by atoms with E-state index >= 15 is 0 Å². The second kappa shape index (κ2) is 7.37. The van der Waals surface area contributed by atoms with E-state index in [9.17, 15) is 26.1 Å². The average molecular weight is 295 g/mol. The van der Waals surface area contributed by atoms with Crippen molar-refractivity contribution in [3.63, 3.8) is 0 Å². The van der Waals surface area contributed by atoms with Gasteiger partial charge in [-0.15, -0.1) is 0 Å². The fraction of sp³-hybridized carbons (Fsp3) is 1.00. The van der Waals surface area contributed by atoms with Gasteiger partial charge in [0.2, 0.25) is 0 Å². The van der Waals surface area contributed by atoms with E-state index in [1.165, 1.54) is 25.9 Å². The third-order valence-corrected chi connectivity index (χ3v) is 2.77. The molecule has 0 bridgehead atoms. The van der Waals surface area contributed by atoms with E-state index in [1.54, 1.807) is 0 Å². The van der Waals surface area contributed by atoms with E-state index in [0.717, 1.165) is 24.2 Å². The molecule has 0 atom stereocenters. The summed E-state index contributed by atoms with van der Waals surface area (Å²) in [6, 6.07) is 0. The smallest absolute Gasteiger partial charge is 0.443 e. The maximum Gasteiger partial charge on any atom is 0.583 e. The van der Waals surface area contributed by atoms with E-state index in [1.807, 2.05) is 0 Å². The largest absolute Gasteiger partial charge is 0.583 e. The molecule has 1 heterocycles. The van der Waals surface area contributed by atoms with Gasteiger partial charge in [-0.3, -0.25) is 0 Å². The third-order valence-electron chi connectivity index (χ3n) is 2.77. The highest BCUT2D eigenvalue weighted by Gasteiger charge is 2.53. The fourth-order valence-electron chi connectivity index (χ4n) is 1.66. The molecular weight excluding hydrogens is 275 g/mol. The second-order valence-corrected chi connectivity index (χ2v) is 4.93. The molecule has 1 aliphatic heterocycles. The number of halogens is 6. The van der Waals surface area contributed by atoms with Crippen LogP contribution < -0.4 is 0 Å². The van der Waals surface area contributed by atoms with Gasteiger partial charge in [-0.2, -0.15) is 0 Å². The van der Waals surface area contributed by atoms with Crippen molar-refractivity contribution in [2.75, 3.05) is 33.5 Å². The summed E-state index contributed by atoms with van der Waals surface area (Å²) in [7, 11) is 2.29. The summed E-state index contributed by atoms with van der Waals surface area (Å²) in [4.78, 5) is 0.